The molecule has 18 heavy (non-hydrogen) atoms. The van der Waals surface area contributed by atoms with Gasteiger partial charge in [-0.1, -0.05) is 63.3 Å². The molecule has 2 rings (SSSR count). The summed E-state index contributed by atoms with van der Waals surface area (Å²) in [6, 6.07) is 8.63. The summed E-state index contributed by atoms with van der Waals surface area (Å²) < 4.78 is 0. The van der Waals surface area contributed by atoms with E-state index in [1.165, 1.54) is 44.1 Å². The van der Waals surface area contributed by atoms with Crippen molar-refractivity contribution < 1.29 is 5.11 Å². The zero-order valence-corrected chi connectivity index (χ0v) is 11.6. The van der Waals surface area contributed by atoms with Crippen LogP contribution in [0.2, 0.25) is 0 Å². The Kier molecular flexibility index (Phi) is 5.25. The molecule has 1 aromatic carbocycles. The van der Waals surface area contributed by atoms with Gasteiger partial charge in [-0.2, -0.15) is 0 Å². The Balaban J connectivity index is 1.72. The van der Waals surface area contributed by atoms with E-state index in [0.717, 1.165) is 24.3 Å². The first kappa shape index (κ1) is 13.6. The first-order valence-electron chi connectivity index (χ1n) is 7.59. The molecule has 0 saturated heterocycles. The van der Waals surface area contributed by atoms with Gasteiger partial charge in [0.05, 0.1) is 6.10 Å². The normalized spacial score (nSPS) is 16.8. The molecule has 1 saturated carbocycles. The molecule has 1 aliphatic carbocycles. The second kappa shape index (κ2) is 6.94. The third-order valence-electron chi connectivity index (χ3n) is 3.95. The average molecular weight is 246 g/mol. The molecule has 0 aromatic heterocycles. The first-order chi connectivity index (χ1) is 8.81. The van der Waals surface area contributed by atoms with Crippen molar-refractivity contribution in [3.63, 3.8) is 0 Å². The summed E-state index contributed by atoms with van der Waals surface area (Å²) in [6.07, 6.45) is 9.66. The van der Waals surface area contributed by atoms with E-state index in [-0.39, 0.29) is 6.10 Å². The molecule has 0 amide bonds. The van der Waals surface area contributed by atoms with Crippen molar-refractivity contribution in [3.8, 4) is 0 Å². The first-order valence-corrected chi connectivity index (χ1v) is 7.59. The minimum atomic E-state index is -0.264. The zero-order chi connectivity index (χ0) is 12.8. The summed E-state index contributed by atoms with van der Waals surface area (Å²) in [6.45, 7) is 2.23. The van der Waals surface area contributed by atoms with Gasteiger partial charge in [-0.15, -0.1) is 0 Å². The van der Waals surface area contributed by atoms with E-state index in [1.807, 2.05) is 0 Å². The van der Waals surface area contributed by atoms with Crippen LogP contribution < -0.4 is 0 Å². The average Bonchev–Trinajstić information content (AvgIpc) is 3.23. The van der Waals surface area contributed by atoms with Crippen LogP contribution in [0.4, 0.5) is 0 Å². The molecule has 1 nitrogen and oxygen atoms in total. The standard InChI is InChI=1S/C17H26O/c1-2-3-4-5-6-7-17(18)16-12-10-15(11-13-16)14-8-9-14/h10-14,17-18H,2-9H2,1H3. The molecule has 0 heterocycles. The Hall–Kier alpha value is -0.820. The van der Waals surface area contributed by atoms with E-state index in [0.29, 0.717) is 0 Å². The predicted octanol–water partition coefficient (Wildman–Crippen LogP) is 4.96. The molecule has 1 aromatic rings. The number of hydrogen-bond acceptors (Lipinski definition) is 1. The molecule has 0 radical (unpaired) electrons. The fraction of sp³-hybridized carbons (Fsp3) is 0.647. The van der Waals surface area contributed by atoms with Gasteiger partial charge in [-0.25, -0.2) is 0 Å². The largest absolute Gasteiger partial charge is 0.388 e. The van der Waals surface area contributed by atoms with Crippen LogP contribution in [0.1, 0.15) is 81.4 Å². The third kappa shape index (κ3) is 4.13. The smallest absolute Gasteiger partial charge is 0.0790 e. The number of hydrogen-bond donors (Lipinski definition) is 1. The fourth-order valence-electron chi connectivity index (χ4n) is 2.51. The van der Waals surface area contributed by atoms with Crippen molar-refractivity contribution >= 4 is 0 Å². The molecule has 1 atom stereocenters. The van der Waals surface area contributed by atoms with Crippen molar-refractivity contribution in [3.05, 3.63) is 35.4 Å². The molecule has 100 valence electrons. The summed E-state index contributed by atoms with van der Waals surface area (Å²) in [5, 5.41) is 10.1. The zero-order valence-electron chi connectivity index (χ0n) is 11.6. The van der Waals surface area contributed by atoms with E-state index in [4.69, 9.17) is 0 Å². The van der Waals surface area contributed by atoms with Crippen LogP contribution in [0.3, 0.4) is 0 Å². The molecule has 1 heteroatoms. The molecule has 1 N–H and O–H groups in total. The van der Waals surface area contributed by atoms with E-state index in [1.54, 1.807) is 0 Å². The molecule has 1 aliphatic rings. The minimum Gasteiger partial charge on any atom is -0.388 e. The maximum atomic E-state index is 10.1. The molecule has 0 bridgehead atoms. The lowest BCUT2D eigenvalue weighted by Crippen LogP contribution is -1.97. The molecular weight excluding hydrogens is 220 g/mol. The van der Waals surface area contributed by atoms with Crippen molar-refractivity contribution in [2.24, 2.45) is 0 Å². The summed E-state index contributed by atoms with van der Waals surface area (Å²) >= 11 is 0. The topological polar surface area (TPSA) is 20.2 Å². The summed E-state index contributed by atoms with van der Waals surface area (Å²) in [5.74, 6) is 0.810. The van der Waals surface area contributed by atoms with Gasteiger partial charge >= 0.3 is 0 Å². The Morgan fingerprint density at radius 1 is 1.06 bits per heavy atom. The second-order valence-electron chi connectivity index (χ2n) is 5.66. The second-order valence-corrected chi connectivity index (χ2v) is 5.66. The van der Waals surface area contributed by atoms with Crippen molar-refractivity contribution in [1.29, 1.82) is 0 Å². The highest BCUT2D eigenvalue weighted by molar-refractivity contribution is 5.29. The van der Waals surface area contributed by atoms with Crippen molar-refractivity contribution in [2.45, 2.75) is 70.3 Å². The van der Waals surface area contributed by atoms with Crippen LogP contribution in [-0.2, 0) is 0 Å². The fourth-order valence-corrected chi connectivity index (χ4v) is 2.51. The maximum Gasteiger partial charge on any atom is 0.0790 e. The monoisotopic (exact) mass is 246 g/mol. The van der Waals surface area contributed by atoms with Crippen LogP contribution in [0.25, 0.3) is 0 Å². The quantitative estimate of drug-likeness (QED) is 0.643. The molecule has 0 aliphatic heterocycles. The number of aliphatic hydroxyl groups is 1. The van der Waals surface area contributed by atoms with E-state index in [2.05, 4.69) is 31.2 Å². The highest BCUT2D eigenvalue weighted by Gasteiger charge is 2.23. The molecule has 1 fully saturated rings. The Morgan fingerprint density at radius 2 is 1.72 bits per heavy atom. The number of unbranched alkanes of at least 4 members (excludes halogenated alkanes) is 4. The van der Waals surface area contributed by atoms with Gasteiger partial charge in [0.15, 0.2) is 0 Å². The third-order valence-corrected chi connectivity index (χ3v) is 3.95. The van der Waals surface area contributed by atoms with Gasteiger partial charge in [0, 0.05) is 0 Å². The summed E-state index contributed by atoms with van der Waals surface area (Å²) in [5.41, 5.74) is 2.55. The summed E-state index contributed by atoms with van der Waals surface area (Å²) in [7, 11) is 0. The van der Waals surface area contributed by atoms with Crippen molar-refractivity contribution in [2.75, 3.05) is 0 Å². The van der Waals surface area contributed by atoms with Gasteiger partial charge in [-0.3, -0.25) is 0 Å². The number of rotatable bonds is 8. The highest BCUT2D eigenvalue weighted by atomic mass is 16.3. The van der Waals surface area contributed by atoms with Crippen LogP contribution in [0.5, 0.6) is 0 Å². The van der Waals surface area contributed by atoms with Crippen molar-refractivity contribution in [1.82, 2.24) is 0 Å². The van der Waals surface area contributed by atoms with Crippen LogP contribution in [0, 0.1) is 0 Å². The highest BCUT2D eigenvalue weighted by Crippen LogP contribution is 2.40. The van der Waals surface area contributed by atoms with Gasteiger partial charge in [0.1, 0.15) is 0 Å². The SMILES string of the molecule is CCCCCCCC(O)c1ccc(C2CC2)cc1. The number of aliphatic hydroxyl groups excluding tert-OH is 1. The predicted molar refractivity (Wildman–Crippen MR) is 76.8 cm³/mol. The molecule has 1 unspecified atom stereocenters. The van der Waals surface area contributed by atoms with E-state index >= 15 is 0 Å². The van der Waals surface area contributed by atoms with Crippen LogP contribution in [0.15, 0.2) is 24.3 Å². The molecular formula is C17H26O. The maximum absolute atomic E-state index is 10.1. The summed E-state index contributed by atoms with van der Waals surface area (Å²) in [4.78, 5) is 0. The lowest BCUT2D eigenvalue weighted by atomic mass is 10.00. The van der Waals surface area contributed by atoms with Crippen LogP contribution in [-0.4, -0.2) is 5.11 Å². The Labute approximate surface area is 111 Å². The minimum absolute atomic E-state index is 0.264. The van der Waals surface area contributed by atoms with Gasteiger partial charge in [0.25, 0.3) is 0 Å². The molecule has 0 spiro atoms. The van der Waals surface area contributed by atoms with Gasteiger partial charge in [-0.05, 0) is 36.3 Å². The Bertz CT molecular complexity index is 337. The Morgan fingerprint density at radius 3 is 2.33 bits per heavy atom. The van der Waals surface area contributed by atoms with E-state index in [9.17, 15) is 5.11 Å². The van der Waals surface area contributed by atoms with Gasteiger partial charge in [0.2, 0.25) is 0 Å². The van der Waals surface area contributed by atoms with Gasteiger partial charge < -0.3 is 5.11 Å². The van der Waals surface area contributed by atoms with Crippen LogP contribution >= 0.6 is 0 Å². The number of benzene rings is 1. The lowest BCUT2D eigenvalue weighted by Gasteiger charge is -2.11. The lowest BCUT2D eigenvalue weighted by molar-refractivity contribution is 0.163. The van der Waals surface area contributed by atoms with E-state index < -0.39 is 0 Å².